The van der Waals surface area contributed by atoms with Crippen molar-refractivity contribution in [3.05, 3.63) is 78.0 Å². The van der Waals surface area contributed by atoms with E-state index in [0.29, 0.717) is 30.0 Å². The zero-order valence-electron chi connectivity index (χ0n) is 16.7. The first-order valence-electron chi connectivity index (χ1n) is 10.1. The summed E-state index contributed by atoms with van der Waals surface area (Å²) in [5, 5.41) is 0. The minimum absolute atomic E-state index is 0.00205. The van der Waals surface area contributed by atoms with Gasteiger partial charge in [0.1, 0.15) is 0 Å². The molecule has 0 spiro atoms. The van der Waals surface area contributed by atoms with Gasteiger partial charge in [-0.2, -0.15) is 13.2 Å². The zero-order valence-corrected chi connectivity index (χ0v) is 16.7. The van der Waals surface area contributed by atoms with Crippen molar-refractivity contribution in [1.82, 2.24) is 19.9 Å². The Morgan fingerprint density at radius 2 is 1.94 bits per heavy atom. The van der Waals surface area contributed by atoms with E-state index in [-0.39, 0.29) is 18.2 Å². The summed E-state index contributed by atoms with van der Waals surface area (Å²) >= 11 is 0. The predicted octanol–water partition coefficient (Wildman–Crippen LogP) is 4.51. The molecule has 5 nitrogen and oxygen atoms in total. The first-order chi connectivity index (χ1) is 14.9. The van der Waals surface area contributed by atoms with Crippen molar-refractivity contribution in [2.24, 2.45) is 0 Å². The zero-order chi connectivity index (χ0) is 21.8. The van der Waals surface area contributed by atoms with E-state index in [1.807, 2.05) is 6.07 Å². The lowest BCUT2D eigenvalue weighted by Gasteiger charge is -2.33. The number of hydrogen-bond donors (Lipinski definition) is 0. The molecule has 1 aromatic carbocycles. The molecule has 3 aromatic rings. The number of halogens is 3. The van der Waals surface area contributed by atoms with E-state index in [4.69, 9.17) is 0 Å². The van der Waals surface area contributed by atoms with Crippen molar-refractivity contribution in [1.29, 1.82) is 0 Å². The maximum atomic E-state index is 13.2. The van der Waals surface area contributed by atoms with Gasteiger partial charge in [0.05, 0.1) is 23.4 Å². The highest BCUT2D eigenvalue weighted by Crippen LogP contribution is 2.35. The molecule has 1 aliphatic rings. The lowest BCUT2D eigenvalue weighted by molar-refractivity contribution is -0.137. The van der Waals surface area contributed by atoms with Crippen LogP contribution in [0.2, 0.25) is 0 Å². The van der Waals surface area contributed by atoms with Crippen molar-refractivity contribution in [3.63, 3.8) is 0 Å². The molecule has 4 rings (SSSR count). The van der Waals surface area contributed by atoms with E-state index >= 15 is 0 Å². The largest absolute Gasteiger partial charge is 0.416 e. The normalized spacial score (nSPS) is 16.9. The molecule has 1 aliphatic heterocycles. The molecule has 0 radical (unpaired) electrons. The highest BCUT2D eigenvalue weighted by Gasteiger charge is 2.32. The molecule has 0 aliphatic carbocycles. The Hall–Kier alpha value is -3.29. The predicted molar refractivity (Wildman–Crippen MR) is 109 cm³/mol. The summed E-state index contributed by atoms with van der Waals surface area (Å²) in [5.74, 6) is -0.0907. The number of carbonyl (C=O) groups is 1. The Morgan fingerprint density at radius 3 is 2.71 bits per heavy atom. The number of alkyl halides is 3. The molecule has 31 heavy (non-hydrogen) atoms. The van der Waals surface area contributed by atoms with Crippen molar-refractivity contribution < 1.29 is 18.0 Å². The third-order valence-electron chi connectivity index (χ3n) is 5.43. The molecular weight excluding hydrogens is 405 g/mol. The highest BCUT2D eigenvalue weighted by molar-refractivity contribution is 5.79. The molecular formula is C23H21F3N4O. The lowest BCUT2D eigenvalue weighted by Crippen LogP contribution is -2.40. The van der Waals surface area contributed by atoms with Crippen molar-refractivity contribution in [3.8, 4) is 11.3 Å². The summed E-state index contributed by atoms with van der Waals surface area (Å²) in [6.45, 7) is 1.11. The van der Waals surface area contributed by atoms with Crippen LogP contribution < -0.4 is 0 Å². The number of pyridine rings is 1. The minimum Gasteiger partial charge on any atom is -0.342 e. The van der Waals surface area contributed by atoms with Crippen LogP contribution in [-0.4, -0.2) is 38.8 Å². The van der Waals surface area contributed by atoms with Gasteiger partial charge in [-0.3, -0.25) is 19.7 Å². The van der Waals surface area contributed by atoms with E-state index < -0.39 is 11.7 Å². The molecule has 0 unspecified atom stereocenters. The highest BCUT2D eigenvalue weighted by atomic mass is 19.4. The number of hydrogen-bond acceptors (Lipinski definition) is 4. The molecule has 0 bridgehead atoms. The van der Waals surface area contributed by atoms with E-state index in [9.17, 15) is 18.0 Å². The molecule has 1 saturated heterocycles. The first-order valence-corrected chi connectivity index (χ1v) is 10.1. The van der Waals surface area contributed by atoms with Gasteiger partial charge >= 0.3 is 6.18 Å². The van der Waals surface area contributed by atoms with Crippen LogP contribution in [-0.2, 0) is 17.4 Å². The molecule has 3 heterocycles. The monoisotopic (exact) mass is 426 g/mol. The molecule has 8 heteroatoms. The third-order valence-corrected chi connectivity index (χ3v) is 5.43. The summed E-state index contributed by atoms with van der Waals surface area (Å²) in [6.07, 6.45) is 3.78. The van der Waals surface area contributed by atoms with Gasteiger partial charge < -0.3 is 4.90 Å². The molecule has 2 aromatic heterocycles. The van der Waals surface area contributed by atoms with Gasteiger partial charge in [0.2, 0.25) is 5.91 Å². The van der Waals surface area contributed by atoms with Gasteiger partial charge in [0.15, 0.2) is 0 Å². The number of nitrogens with zero attached hydrogens (tertiary/aromatic N) is 4. The SMILES string of the molecule is O=C(Cc1cccnc1)N1CCC[C@@H](c2nccnc2-c2cccc(C(F)(F)F)c2)C1. The Balaban J connectivity index is 1.57. The molecule has 1 amide bonds. The van der Waals surface area contributed by atoms with E-state index in [1.54, 1.807) is 35.6 Å². The topological polar surface area (TPSA) is 59.0 Å². The van der Waals surface area contributed by atoms with E-state index in [1.165, 1.54) is 12.3 Å². The summed E-state index contributed by atoms with van der Waals surface area (Å²) in [5.41, 5.74) is 1.55. The Morgan fingerprint density at radius 1 is 1.10 bits per heavy atom. The summed E-state index contributed by atoms with van der Waals surface area (Å²) in [6, 6.07) is 8.78. The van der Waals surface area contributed by atoms with Crippen molar-refractivity contribution >= 4 is 5.91 Å². The Labute approximate surface area is 178 Å². The number of rotatable bonds is 4. The number of aromatic nitrogens is 3. The van der Waals surface area contributed by atoms with Gasteiger partial charge in [-0.15, -0.1) is 0 Å². The maximum Gasteiger partial charge on any atom is 0.416 e. The number of amides is 1. The third kappa shape index (κ3) is 4.90. The minimum atomic E-state index is -4.43. The van der Waals surface area contributed by atoms with Crippen LogP contribution in [0.4, 0.5) is 13.2 Å². The van der Waals surface area contributed by atoms with Crippen LogP contribution in [0.25, 0.3) is 11.3 Å². The number of benzene rings is 1. The lowest BCUT2D eigenvalue weighted by atomic mass is 9.91. The van der Waals surface area contributed by atoms with Gasteiger partial charge in [0, 0.05) is 49.4 Å². The molecule has 1 fully saturated rings. The van der Waals surface area contributed by atoms with Crippen LogP contribution in [0, 0.1) is 0 Å². The van der Waals surface area contributed by atoms with Crippen LogP contribution in [0.5, 0.6) is 0 Å². The number of carbonyl (C=O) groups excluding carboxylic acids is 1. The fraction of sp³-hybridized carbons (Fsp3) is 0.304. The smallest absolute Gasteiger partial charge is 0.342 e. The second-order valence-corrected chi connectivity index (χ2v) is 7.59. The fourth-order valence-corrected chi connectivity index (χ4v) is 3.93. The van der Waals surface area contributed by atoms with Gasteiger partial charge in [-0.25, -0.2) is 0 Å². The Bertz CT molecular complexity index is 1060. The summed E-state index contributed by atoms with van der Waals surface area (Å²) in [4.78, 5) is 27.4. The van der Waals surface area contributed by atoms with Crippen molar-refractivity contribution in [2.75, 3.05) is 13.1 Å². The first kappa shape index (κ1) is 21.0. The summed E-state index contributed by atoms with van der Waals surface area (Å²) in [7, 11) is 0. The molecule has 1 atom stereocenters. The van der Waals surface area contributed by atoms with Gasteiger partial charge in [-0.1, -0.05) is 18.2 Å². The van der Waals surface area contributed by atoms with Crippen molar-refractivity contribution in [2.45, 2.75) is 31.4 Å². The van der Waals surface area contributed by atoms with Gasteiger partial charge in [-0.05, 0) is 36.6 Å². The molecule has 0 N–H and O–H groups in total. The average Bonchev–Trinajstić information content (AvgIpc) is 2.79. The Kier molecular flexibility index (Phi) is 5.97. The fourth-order valence-electron chi connectivity index (χ4n) is 3.93. The van der Waals surface area contributed by atoms with Crippen LogP contribution in [0.15, 0.2) is 61.2 Å². The summed E-state index contributed by atoms with van der Waals surface area (Å²) < 4.78 is 39.5. The quantitative estimate of drug-likeness (QED) is 0.616. The standard InChI is InChI=1S/C23H21F3N4O/c24-23(25,26)19-7-1-5-17(13-19)21-22(29-10-9-28-21)18-6-3-11-30(15-18)20(31)12-16-4-2-8-27-14-16/h1-2,4-5,7-10,13-14,18H,3,6,11-12,15H2/t18-/m1/s1. The molecule has 0 saturated carbocycles. The van der Waals surface area contributed by atoms with Crippen LogP contribution in [0.3, 0.4) is 0 Å². The molecule has 160 valence electrons. The van der Waals surface area contributed by atoms with Gasteiger partial charge in [0.25, 0.3) is 0 Å². The maximum absolute atomic E-state index is 13.2. The van der Waals surface area contributed by atoms with Crippen LogP contribution >= 0.6 is 0 Å². The number of piperidine rings is 1. The van der Waals surface area contributed by atoms with E-state index in [0.717, 1.165) is 30.5 Å². The second kappa shape index (κ2) is 8.83. The second-order valence-electron chi connectivity index (χ2n) is 7.59. The van der Waals surface area contributed by atoms with Crippen LogP contribution in [0.1, 0.15) is 35.6 Å². The number of likely N-dealkylation sites (tertiary alicyclic amines) is 1. The van der Waals surface area contributed by atoms with E-state index in [2.05, 4.69) is 15.0 Å². The average molecular weight is 426 g/mol.